The van der Waals surface area contributed by atoms with E-state index in [9.17, 15) is 4.79 Å². The van der Waals surface area contributed by atoms with Crippen molar-refractivity contribution in [3.8, 4) is 0 Å². The van der Waals surface area contributed by atoms with Gasteiger partial charge in [-0.05, 0) is 39.2 Å². The fourth-order valence-corrected chi connectivity index (χ4v) is 2.12. The first kappa shape index (κ1) is 13.6. The number of nitrogens with one attached hydrogen (secondary N) is 1. The van der Waals surface area contributed by atoms with Crippen molar-refractivity contribution in [3.63, 3.8) is 0 Å². The number of carbonyl (C=O) groups is 1. The lowest BCUT2D eigenvalue weighted by atomic mass is 10.2. The predicted molar refractivity (Wildman–Crippen MR) is 78.4 cm³/mol. The first-order valence-corrected chi connectivity index (χ1v) is 6.56. The van der Waals surface area contributed by atoms with Gasteiger partial charge in [0.15, 0.2) is 0 Å². The number of aromatic nitrogens is 1. The number of hydrogen-bond donors (Lipinski definition) is 1. The molecule has 0 saturated heterocycles. The van der Waals surface area contributed by atoms with Gasteiger partial charge >= 0.3 is 0 Å². The molecule has 2 rings (SSSR count). The second-order valence-corrected chi connectivity index (χ2v) is 5.15. The summed E-state index contributed by atoms with van der Waals surface area (Å²) in [7, 11) is 5.93. The maximum absolute atomic E-state index is 12.3. The molecule has 1 heterocycles. The van der Waals surface area contributed by atoms with Crippen molar-refractivity contribution in [1.82, 2.24) is 14.8 Å². The average Bonchev–Trinajstić information content (AvgIpc) is 2.80. The summed E-state index contributed by atoms with van der Waals surface area (Å²) in [4.78, 5) is 19.3. The number of nitrogens with zero attached hydrogens (tertiary/aromatic N) is 2. The number of rotatable bonds is 5. The van der Waals surface area contributed by atoms with E-state index in [-0.39, 0.29) is 5.91 Å². The molecule has 0 atom stereocenters. The second-order valence-electron chi connectivity index (χ2n) is 5.15. The summed E-state index contributed by atoms with van der Waals surface area (Å²) in [5.74, 6) is 0.0509. The van der Waals surface area contributed by atoms with Crippen molar-refractivity contribution in [1.29, 1.82) is 0 Å². The van der Waals surface area contributed by atoms with Crippen molar-refractivity contribution in [2.24, 2.45) is 0 Å². The van der Waals surface area contributed by atoms with Gasteiger partial charge in [0.1, 0.15) is 5.69 Å². The Kier molecular flexibility index (Phi) is 4.22. The highest BCUT2D eigenvalue weighted by Gasteiger charge is 2.13. The second kappa shape index (κ2) is 5.89. The molecule has 19 heavy (non-hydrogen) atoms. The Balaban J connectivity index is 2.02. The SMILES string of the molecule is CN(C)CCCN(C)C(=O)c1cc2ccccc2[nH]1. The van der Waals surface area contributed by atoms with E-state index >= 15 is 0 Å². The van der Waals surface area contributed by atoms with Crippen molar-refractivity contribution in [2.45, 2.75) is 6.42 Å². The minimum absolute atomic E-state index is 0.0509. The van der Waals surface area contributed by atoms with Crippen LogP contribution in [0.5, 0.6) is 0 Å². The molecule has 0 radical (unpaired) electrons. The molecule has 0 aliphatic rings. The van der Waals surface area contributed by atoms with Crippen LogP contribution in [0.4, 0.5) is 0 Å². The summed E-state index contributed by atoms with van der Waals surface area (Å²) in [6.07, 6.45) is 0.982. The molecule has 2 aromatic rings. The molecular formula is C15H21N3O. The summed E-state index contributed by atoms with van der Waals surface area (Å²) in [6, 6.07) is 9.85. The number of hydrogen-bond acceptors (Lipinski definition) is 2. The Morgan fingerprint density at radius 1 is 1.16 bits per heavy atom. The highest BCUT2D eigenvalue weighted by atomic mass is 16.2. The Bertz CT molecular complexity index is 526. The van der Waals surface area contributed by atoms with Crippen molar-refractivity contribution in [2.75, 3.05) is 34.2 Å². The van der Waals surface area contributed by atoms with Crippen LogP contribution in [-0.4, -0.2) is 54.9 Å². The molecule has 0 aliphatic carbocycles. The van der Waals surface area contributed by atoms with Gasteiger partial charge in [-0.1, -0.05) is 18.2 Å². The van der Waals surface area contributed by atoms with E-state index in [1.54, 1.807) is 4.90 Å². The van der Waals surface area contributed by atoms with Gasteiger partial charge in [0.2, 0.25) is 0 Å². The van der Waals surface area contributed by atoms with E-state index < -0.39 is 0 Å². The molecule has 1 aromatic carbocycles. The molecule has 1 aromatic heterocycles. The van der Waals surface area contributed by atoms with Gasteiger partial charge in [-0.15, -0.1) is 0 Å². The first-order chi connectivity index (χ1) is 9.08. The van der Waals surface area contributed by atoms with Crippen LogP contribution in [0.3, 0.4) is 0 Å². The van der Waals surface area contributed by atoms with Gasteiger partial charge in [-0.2, -0.15) is 0 Å². The van der Waals surface area contributed by atoms with Crippen LogP contribution in [0.2, 0.25) is 0 Å². The normalized spacial score (nSPS) is 11.2. The van der Waals surface area contributed by atoms with Crippen LogP contribution < -0.4 is 0 Å². The van der Waals surface area contributed by atoms with Crippen LogP contribution >= 0.6 is 0 Å². The number of fused-ring (bicyclic) bond motifs is 1. The summed E-state index contributed by atoms with van der Waals surface area (Å²) < 4.78 is 0. The van der Waals surface area contributed by atoms with Gasteiger partial charge in [-0.3, -0.25) is 4.79 Å². The Morgan fingerprint density at radius 3 is 2.58 bits per heavy atom. The zero-order chi connectivity index (χ0) is 13.8. The average molecular weight is 259 g/mol. The van der Waals surface area contributed by atoms with Gasteiger partial charge in [-0.25, -0.2) is 0 Å². The lowest BCUT2D eigenvalue weighted by Gasteiger charge is -2.17. The van der Waals surface area contributed by atoms with E-state index in [1.807, 2.05) is 51.5 Å². The van der Waals surface area contributed by atoms with Crippen molar-refractivity contribution in [3.05, 3.63) is 36.0 Å². The van der Waals surface area contributed by atoms with Crippen LogP contribution in [-0.2, 0) is 0 Å². The molecule has 0 spiro atoms. The Hall–Kier alpha value is -1.81. The Labute approximate surface area is 114 Å². The maximum atomic E-state index is 12.3. The molecule has 4 heteroatoms. The quantitative estimate of drug-likeness (QED) is 0.894. The smallest absolute Gasteiger partial charge is 0.270 e. The summed E-state index contributed by atoms with van der Waals surface area (Å²) in [5.41, 5.74) is 1.67. The topological polar surface area (TPSA) is 39.3 Å². The fraction of sp³-hybridized carbons (Fsp3) is 0.400. The zero-order valence-electron chi connectivity index (χ0n) is 11.8. The molecule has 0 fully saturated rings. The number of H-pyrrole nitrogens is 1. The van der Waals surface area contributed by atoms with E-state index in [4.69, 9.17) is 0 Å². The number of amides is 1. The first-order valence-electron chi connectivity index (χ1n) is 6.56. The standard InChI is InChI=1S/C15H21N3O/c1-17(2)9-6-10-18(3)15(19)14-11-12-7-4-5-8-13(12)16-14/h4-5,7-8,11,16H,6,9-10H2,1-3H3. The highest BCUT2D eigenvalue weighted by molar-refractivity contribution is 5.97. The molecule has 4 nitrogen and oxygen atoms in total. The van der Waals surface area contributed by atoms with E-state index in [0.717, 1.165) is 30.4 Å². The predicted octanol–water partition coefficient (Wildman–Crippen LogP) is 2.19. The molecule has 1 amide bonds. The third-order valence-corrected chi connectivity index (χ3v) is 3.21. The summed E-state index contributed by atoms with van der Waals surface area (Å²) >= 11 is 0. The number of carbonyl (C=O) groups excluding carboxylic acids is 1. The molecule has 0 bridgehead atoms. The number of para-hydroxylation sites is 1. The summed E-state index contributed by atoms with van der Waals surface area (Å²) in [6.45, 7) is 1.76. The third kappa shape index (κ3) is 3.35. The van der Waals surface area contributed by atoms with E-state index in [1.165, 1.54) is 0 Å². The van der Waals surface area contributed by atoms with E-state index in [0.29, 0.717) is 5.69 Å². The molecule has 0 saturated carbocycles. The molecule has 0 unspecified atom stereocenters. The van der Waals surface area contributed by atoms with Crippen LogP contribution in [0.1, 0.15) is 16.9 Å². The van der Waals surface area contributed by atoms with Crippen LogP contribution in [0, 0.1) is 0 Å². The monoisotopic (exact) mass is 259 g/mol. The van der Waals surface area contributed by atoms with Crippen molar-refractivity contribution < 1.29 is 4.79 Å². The van der Waals surface area contributed by atoms with Crippen LogP contribution in [0.15, 0.2) is 30.3 Å². The number of benzene rings is 1. The molecule has 0 aliphatic heterocycles. The lowest BCUT2D eigenvalue weighted by molar-refractivity contribution is 0.0786. The lowest BCUT2D eigenvalue weighted by Crippen LogP contribution is -2.29. The Morgan fingerprint density at radius 2 is 1.89 bits per heavy atom. The van der Waals surface area contributed by atoms with Crippen LogP contribution in [0.25, 0.3) is 10.9 Å². The number of aromatic amines is 1. The van der Waals surface area contributed by atoms with Crippen molar-refractivity contribution >= 4 is 16.8 Å². The van der Waals surface area contributed by atoms with Gasteiger partial charge in [0.25, 0.3) is 5.91 Å². The molecule has 1 N–H and O–H groups in total. The summed E-state index contributed by atoms with van der Waals surface area (Å²) in [5, 5.41) is 1.08. The molecular weight excluding hydrogens is 238 g/mol. The highest BCUT2D eigenvalue weighted by Crippen LogP contribution is 2.15. The van der Waals surface area contributed by atoms with Gasteiger partial charge < -0.3 is 14.8 Å². The van der Waals surface area contributed by atoms with Gasteiger partial charge in [0, 0.05) is 24.5 Å². The molecule has 102 valence electrons. The van der Waals surface area contributed by atoms with E-state index in [2.05, 4.69) is 9.88 Å². The minimum Gasteiger partial charge on any atom is -0.351 e. The van der Waals surface area contributed by atoms with Gasteiger partial charge in [0.05, 0.1) is 0 Å². The third-order valence-electron chi connectivity index (χ3n) is 3.21. The fourth-order valence-electron chi connectivity index (χ4n) is 2.12. The zero-order valence-corrected chi connectivity index (χ0v) is 11.8. The largest absolute Gasteiger partial charge is 0.351 e. The minimum atomic E-state index is 0.0509. The maximum Gasteiger partial charge on any atom is 0.270 e.